The van der Waals surface area contributed by atoms with Crippen LogP contribution >= 0.6 is 0 Å². The zero-order valence-corrected chi connectivity index (χ0v) is 10.4. The number of carbonyl (C=O) groups is 1. The average molecular weight is 221 g/mol. The topological polar surface area (TPSA) is 29.5 Å². The number of benzene rings is 1. The first-order valence-corrected chi connectivity index (χ1v) is 5.58. The third-order valence-corrected chi connectivity index (χ3v) is 2.79. The van der Waals surface area contributed by atoms with Crippen LogP contribution in [0.3, 0.4) is 0 Å². The SMILES string of the molecule is CCN(CC)C(=O)c1cccc(OC)c1C. The molecule has 0 radical (unpaired) electrons. The van der Waals surface area contributed by atoms with E-state index in [9.17, 15) is 4.79 Å². The summed E-state index contributed by atoms with van der Waals surface area (Å²) in [5, 5.41) is 0. The first-order valence-electron chi connectivity index (χ1n) is 5.58. The van der Waals surface area contributed by atoms with Gasteiger partial charge in [-0.25, -0.2) is 0 Å². The molecular formula is C13H19NO2. The summed E-state index contributed by atoms with van der Waals surface area (Å²) < 4.78 is 5.21. The summed E-state index contributed by atoms with van der Waals surface area (Å²) in [6, 6.07) is 5.56. The summed E-state index contributed by atoms with van der Waals surface area (Å²) in [5.41, 5.74) is 1.63. The molecule has 0 aliphatic rings. The van der Waals surface area contributed by atoms with Gasteiger partial charge in [0, 0.05) is 24.2 Å². The summed E-state index contributed by atoms with van der Waals surface area (Å²) >= 11 is 0. The number of ether oxygens (including phenoxy) is 1. The molecule has 0 unspecified atom stereocenters. The van der Waals surface area contributed by atoms with Crippen LogP contribution in [0.15, 0.2) is 18.2 Å². The quantitative estimate of drug-likeness (QED) is 0.781. The molecule has 3 nitrogen and oxygen atoms in total. The van der Waals surface area contributed by atoms with Crippen molar-refractivity contribution in [3.63, 3.8) is 0 Å². The number of hydrogen-bond donors (Lipinski definition) is 0. The van der Waals surface area contributed by atoms with Gasteiger partial charge in [-0.1, -0.05) is 6.07 Å². The molecule has 1 rings (SSSR count). The van der Waals surface area contributed by atoms with Gasteiger partial charge in [0.25, 0.3) is 5.91 Å². The van der Waals surface area contributed by atoms with Gasteiger partial charge in [-0.2, -0.15) is 0 Å². The van der Waals surface area contributed by atoms with E-state index < -0.39 is 0 Å². The van der Waals surface area contributed by atoms with Crippen molar-refractivity contribution in [1.29, 1.82) is 0 Å². The van der Waals surface area contributed by atoms with Crippen molar-refractivity contribution in [3.05, 3.63) is 29.3 Å². The van der Waals surface area contributed by atoms with E-state index >= 15 is 0 Å². The van der Waals surface area contributed by atoms with Gasteiger partial charge in [0.15, 0.2) is 0 Å². The van der Waals surface area contributed by atoms with Crippen molar-refractivity contribution in [2.75, 3.05) is 20.2 Å². The predicted molar refractivity (Wildman–Crippen MR) is 65.0 cm³/mol. The van der Waals surface area contributed by atoms with Gasteiger partial charge in [0.2, 0.25) is 0 Å². The highest BCUT2D eigenvalue weighted by Gasteiger charge is 2.16. The lowest BCUT2D eigenvalue weighted by atomic mass is 10.1. The van der Waals surface area contributed by atoms with Crippen molar-refractivity contribution >= 4 is 5.91 Å². The molecular weight excluding hydrogens is 202 g/mol. The Morgan fingerprint density at radius 1 is 1.31 bits per heavy atom. The first-order chi connectivity index (χ1) is 7.65. The maximum Gasteiger partial charge on any atom is 0.254 e. The van der Waals surface area contributed by atoms with Crippen molar-refractivity contribution < 1.29 is 9.53 Å². The lowest BCUT2D eigenvalue weighted by molar-refractivity contribution is 0.0772. The normalized spacial score (nSPS) is 10.0. The molecule has 0 spiro atoms. The van der Waals surface area contributed by atoms with Crippen LogP contribution in [0.2, 0.25) is 0 Å². The number of amides is 1. The lowest BCUT2D eigenvalue weighted by Gasteiger charge is -2.20. The van der Waals surface area contributed by atoms with Crippen LogP contribution in [-0.2, 0) is 0 Å². The minimum absolute atomic E-state index is 0.0707. The van der Waals surface area contributed by atoms with Gasteiger partial charge < -0.3 is 9.64 Å². The smallest absolute Gasteiger partial charge is 0.254 e. The molecule has 1 aromatic rings. The molecule has 0 saturated heterocycles. The molecule has 88 valence electrons. The molecule has 3 heteroatoms. The Hall–Kier alpha value is -1.51. The Bertz CT molecular complexity index is 370. The van der Waals surface area contributed by atoms with E-state index in [1.54, 1.807) is 7.11 Å². The monoisotopic (exact) mass is 221 g/mol. The Morgan fingerprint density at radius 2 is 1.94 bits per heavy atom. The van der Waals surface area contributed by atoms with Crippen LogP contribution in [0.25, 0.3) is 0 Å². The maximum atomic E-state index is 12.2. The molecule has 0 N–H and O–H groups in total. The summed E-state index contributed by atoms with van der Waals surface area (Å²) in [5.74, 6) is 0.833. The molecule has 16 heavy (non-hydrogen) atoms. The Morgan fingerprint density at radius 3 is 2.44 bits per heavy atom. The fraction of sp³-hybridized carbons (Fsp3) is 0.462. The largest absolute Gasteiger partial charge is 0.496 e. The van der Waals surface area contributed by atoms with Crippen LogP contribution < -0.4 is 4.74 Å². The number of nitrogens with zero attached hydrogens (tertiary/aromatic N) is 1. The van der Waals surface area contributed by atoms with E-state index in [1.807, 2.05) is 43.9 Å². The molecule has 1 amide bonds. The summed E-state index contributed by atoms with van der Waals surface area (Å²) in [6.07, 6.45) is 0. The Kier molecular flexibility index (Phi) is 4.35. The van der Waals surface area contributed by atoms with Crippen LogP contribution in [0.1, 0.15) is 29.8 Å². The zero-order valence-electron chi connectivity index (χ0n) is 10.4. The van der Waals surface area contributed by atoms with Crippen LogP contribution in [0, 0.1) is 6.92 Å². The number of rotatable bonds is 4. The minimum atomic E-state index is 0.0707. The van der Waals surface area contributed by atoms with E-state index in [4.69, 9.17) is 4.74 Å². The summed E-state index contributed by atoms with van der Waals surface area (Å²) in [7, 11) is 1.62. The highest BCUT2D eigenvalue weighted by Crippen LogP contribution is 2.21. The second-order valence-electron chi connectivity index (χ2n) is 3.61. The molecule has 0 bridgehead atoms. The molecule has 0 aliphatic carbocycles. The second kappa shape index (κ2) is 5.54. The Balaban J connectivity index is 3.08. The van der Waals surface area contributed by atoms with Crippen LogP contribution in [0.4, 0.5) is 0 Å². The molecule has 0 aliphatic heterocycles. The van der Waals surface area contributed by atoms with Crippen molar-refractivity contribution in [1.82, 2.24) is 4.90 Å². The second-order valence-corrected chi connectivity index (χ2v) is 3.61. The zero-order chi connectivity index (χ0) is 12.1. The van der Waals surface area contributed by atoms with E-state index in [0.717, 1.165) is 30.0 Å². The number of methoxy groups -OCH3 is 1. The van der Waals surface area contributed by atoms with Gasteiger partial charge in [-0.05, 0) is 32.9 Å². The lowest BCUT2D eigenvalue weighted by Crippen LogP contribution is -2.31. The predicted octanol–water partition coefficient (Wildman–Crippen LogP) is 2.49. The molecule has 0 aromatic heterocycles. The average Bonchev–Trinajstić information content (AvgIpc) is 2.30. The summed E-state index contributed by atoms with van der Waals surface area (Å²) in [6.45, 7) is 7.33. The fourth-order valence-electron chi connectivity index (χ4n) is 1.75. The molecule has 0 fully saturated rings. The van der Waals surface area contributed by atoms with Crippen molar-refractivity contribution in [3.8, 4) is 5.75 Å². The third kappa shape index (κ3) is 2.35. The third-order valence-electron chi connectivity index (χ3n) is 2.79. The van der Waals surface area contributed by atoms with Crippen molar-refractivity contribution in [2.24, 2.45) is 0 Å². The fourth-order valence-corrected chi connectivity index (χ4v) is 1.75. The van der Waals surface area contributed by atoms with E-state index in [1.165, 1.54) is 0 Å². The van der Waals surface area contributed by atoms with Gasteiger partial charge >= 0.3 is 0 Å². The highest BCUT2D eigenvalue weighted by molar-refractivity contribution is 5.96. The van der Waals surface area contributed by atoms with Gasteiger partial charge in [-0.3, -0.25) is 4.79 Å². The van der Waals surface area contributed by atoms with Crippen LogP contribution in [0.5, 0.6) is 5.75 Å². The molecule has 0 atom stereocenters. The maximum absolute atomic E-state index is 12.2. The molecule has 0 heterocycles. The summed E-state index contributed by atoms with van der Waals surface area (Å²) in [4.78, 5) is 14.0. The molecule has 0 saturated carbocycles. The standard InChI is InChI=1S/C13H19NO2/c1-5-14(6-2)13(15)11-8-7-9-12(16-4)10(11)3/h7-9H,5-6H2,1-4H3. The van der Waals surface area contributed by atoms with Gasteiger partial charge in [-0.15, -0.1) is 0 Å². The van der Waals surface area contributed by atoms with Gasteiger partial charge in [0.05, 0.1) is 7.11 Å². The van der Waals surface area contributed by atoms with Crippen molar-refractivity contribution in [2.45, 2.75) is 20.8 Å². The van der Waals surface area contributed by atoms with Crippen LogP contribution in [-0.4, -0.2) is 31.0 Å². The number of carbonyl (C=O) groups excluding carboxylic acids is 1. The molecule has 1 aromatic carbocycles. The highest BCUT2D eigenvalue weighted by atomic mass is 16.5. The Labute approximate surface area is 97.0 Å². The minimum Gasteiger partial charge on any atom is -0.496 e. The number of hydrogen-bond acceptors (Lipinski definition) is 2. The van der Waals surface area contributed by atoms with E-state index in [0.29, 0.717) is 0 Å². The first kappa shape index (κ1) is 12.6. The van der Waals surface area contributed by atoms with E-state index in [-0.39, 0.29) is 5.91 Å². The van der Waals surface area contributed by atoms with Gasteiger partial charge in [0.1, 0.15) is 5.75 Å². The van der Waals surface area contributed by atoms with E-state index in [2.05, 4.69) is 0 Å².